The maximum absolute atomic E-state index is 11.8. The zero-order valence-corrected chi connectivity index (χ0v) is 9.81. The number of aliphatic carboxylic acids is 1. The van der Waals surface area contributed by atoms with Crippen LogP contribution in [0.4, 0.5) is 0 Å². The Labute approximate surface area is 95.4 Å². The van der Waals surface area contributed by atoms with Crippen molar-refractivity contribution in [1.82, 2.24) is 4.90 Å². The van der Waals surface area contributed by atoms with Crippen LogP contribution in [0.25, 0.3) is 0 Å². The molecule has 0 aliphatic carbocycles. The van der Waals surface area contributed by atoms with Gasteiger partial charge in [0.1, 0.15) is 13.2 Å². The van der Waals surface area contributed by atoms with Crippen LogP contribution in [0.15, 0.2) is 0 Å². The summed E-state index contributed by atoms with van der Waals surface area (Å²) in [6, 6.07) is 0.529. The molecule has 5 heteroatoms. The molecule has 1 saturated heterocycles. The van der Waals surface area contributed by atoms with E-state index in [1.165, 1.54) is 0 Å². The van der Waals surface area contributed by atoms with Gasteiger partial charge in [-0.1, -0.05) is 6.92 Å². The first-order chi connectivity index (χ1) is 7.56. The van der Waals surface area contributed by atoms with Crippen LogP contribution in [-0.4, -0.2) is 47.2 Å². The third-order valence-corrected chi connectivity index (χ3v) is 3.00. The molecule has 1 aliphatic rings. The fraction of sp³-hybridized carbons (Fsp3) is 0.818. The number of carbonyl (C=O) groups excluding carboxylic acids is 1. The fourth-order valence-corrected chi connectivity index (χ4v) is 2.22. The van der Waals surface area contributed by atoms with E-state index in [4.69, 9.17) is 9.84 Å². The van der Waals surface area contributed by atoms with Crippen molar-refractivity contribution in [2.75, 3.05) is 13.2 Å². The fourth-order valence-electron chi connectivity index (χ4n) is 2.22. The van der Waals surface area contributed by atoms with Crippen LogP contribution in [0.1, 0.15) is 33.1 Å². The molecule has 1 heterocycles. The maximum atomic E-state index is 11.8. The molecule has 0 aromatic carbocycles. The molecule has 5 nitrogen and oxygen atoms in total. The standard InChI is InChI=1S/C11H19NO4/c1-3-9-5-4-8(2)12(9)10(13)6-16-7-11(14)15/h8-9H,3-7H2,1-2H3,(H,14,15). The van der Waals surface area contributed by atoms with Crippen LogP contribution in [0.2, 0.25) is 0 Å². The number of hydrogen-bond acceptors (Lipinski definition) is 3. The van der Waals surface area contributed by atoms with Crippen molar-refractivity contribution in [3.05, 3.63) is 0 Å². The Morgan fingerprint density at radius 2 is 2.06 bits per heavy atom. The largest absolute Gasteiger partial charge is 0.480 e. The molecule has 1 rings (SSSR count). The van der Waals surface area contributed by atoms with Gasteiger partial charge in [-0.05, 0) is 26.2 Å². The minimum absolute atomic E-state index is 0.0990. The van der Waals surface area contributed by atoms with Gasteiger partial charge in [0, 0.05) is 12.1 Å². The summed E-state index contributed by atoms with van der Waals surface area (Å²) in [5.41, 5.74) is 0. The van der Waals surface area contributed by atoms with E-state index in [2.05, 4.69) is 6.92 Å². The van der Waals surface area contributed by atoms with Gasteiger partial charge in [-0.25, -0.2) is 4.79 Å². The quantitative estimate of drug-likeness (QED) is 0.759. The summed E-state index contributed by atoms with van der Waals surface area (Å²) in [6.45, 7) is 3.53. The highest BCUT2D eigenvalue weighted by molar-refractivity contribution is 5.79. The summed E-state index contributed by atoms with van der Waals surface area (Å²) < 4.78 is 4.82. The molecule has 1 amide bonds. The lowest BCUT2D eigenvalue weighted by Gasteiger charge is -2.27. The molecule has 92 valence electrons. The highest BCUT2D eigenvalue weighted by Crippen LogP contribution is 2.25. The zero-order valence-electron chi connectivity index (χ0n) is 9.81. The van der Waals surface area contributed by atoms with Crippen molar-refractivity contribution in [2.45, 2.75) is 45.2 Å². The van der Waals surface area contributed by atoms with Crippen LogP contribution in [0, 0.1) is 0 Å². The molecule has 0 bridgehead atoms. The maximum Gasteiger partial charge on any atom is 0.329 e. The van der Waals surface area contributed by atoms with Crippen LogP contribution >= 0.6 is 0 Å². The first kappa shape index (κ1) is 13.0. The highest BCUT2D eigenvalue weighted by Gasteiger charge is 2.32. The minimum atomic E-state index is -1.05. The number of nitrogens with zero attached hydrogens (tertiary/aromatic N) is 1. The summed E-state index contributed by atoms with van der Waals surface area (Å²) in [6.07, 6.45) is 2.99. The van der Waals surface area contributed by atoms with E-state index in [0.29, 0.717) is 0 Å². The normalized spacial score (nSPS) is 24.8. The average molecular weight is 229 g/mol. The van der Waals surface area contributed by atoms with Crippen molar-refractivity contribution in [3.63, 3.8) is 0 Å². The lowest BCUT2D eigenvalue weighted by atomic mass is 10.1. The number of carbonyl (C=O) groups is 2. The number of carboxylic acids is 1. The Morgan fingerprint density at radius 1 is 1.38 bits per heavy atom. The molecule has 0 radical (unpaired) electrons. The van der Waals surface area contributed by atoms with E-state index in [-0.39, 0.29) is 24.6 Å². The van der Waals surface area contributed by atoms with Gasteiger partial charge in [0.05, 0.1) is 0 Å². The summed E-state index contributed by atoms with van der Waals surface area (Å²) in [4.78, 5) is 23.9. The van der Waals surface area contributed by atoms with Gasteiger partial charge in [-0.15, -0.1) is 0 Å². The Morgan fingerprint density at radius 3 is 2.62 bits per heavy atom. The van der Waals surface area contributed by atoms with Gasteiger partial charge < -0.3 is 14.7 Å². The SMILES string of the molecule is CCC1CCC(C)N1C(=O)COCC(=O)O. The van der Waals surface area contributed by atoms with Gasteiger partial charge in [0.25, 0.3) is 0 Å². The Balaban J connectivity index is 2.42. The Hall–Kier alpha value is -1.10. The molecule has 0 aromatic heterocycles. The molecular weight excluding hydrogens is 210 g/mol. The van der Waals surface area contributed by atoms with Gasteiger partial charge in [0.2, 0.25) is 5.91 Å². The number of amides is 1. The van der Waals surface area contributed by atoms with Crippen molar-refractivity contribution in [1.29, 1.82) is 0 Å². The first-order valence-corrected chi connectivity index (χ1v) is 5.67. The highest BCUT2D eigenvalue weighted by atomic mass is 16.5. The van der Waals surface area contributed by atoms with Gasteiger partial charge in [0.15, 0.2) is 0 Å². The van der Waals surface area contributed by atoms with Gasteiger partial charge >= 0.3 is 5.97 Å². The predicted octanol–water partition coefficient (Wildman–Crippen LogP) is 0.877. The van der Waals surface area contributed by atoms with Crippen molar-refractivity contribution in [3.8, 4) is 0 Å². The second-order valence-corrected chi connectivity index (χ2v) is 4.18. The van der Waals surface area contributed by atoms with Crippen LogP contribution in [0.3, 0.4) is 0 Å². The molecule has 0 saturated carbocycles. The van der Waals surface area contributed by atoms with Crippen LogP contribution in [0.5, 0.6) is 0 Å². The molecule has 2 atom stereocenters. The minimum Gasteiger partial charge on any atom is -0.480 e. The van der Waals surface area contributed by atoms with E-state index >= 15 is 0 Å². The molecule has 0 spiro atoms. The lowest BCUT2D eigenvalue weighted by Crippen LogP contribution is -2.42. The Kier molecular flexibility index (Phi) is 4.73. The van der Waals surface area contributed by atoms with E-state index in [0.717, 1.165) is 19.3 Å². The van der Waals surface area contributed by atoms with E-state index in [1.807, 2.05) is 11.8 Å². The molecule has 1 N–H and O–H groups in total. The van der Waals surface area contributed by atoms with E-state index in [9.17, 15) is 9.59 Å². The third kappa shape index (κ3) is 3.20. The van der Waals surface area contributed by atoms with Crippen molar-refractivity contribution < 1.29 is 19.4 Å². The monoisotopic (exact) mass is 229 g/mol. The lowest BCUT2D eigenvalue weighted by molar-refractivity contribution is -0.146. The topological polar surface area (TPSA) is 66.8 Å². The third-order valence-electron chi connectivity index (χ3n) is 3.00. The summed E-state index contributed by atoms with van der Waals surface area (Å²) in [7, 11) is 0. The summed E-state index contributed by atoms with van der Waals surface area (Å²) >= 11 is 0. The summed E-state index contributed by atoms with van der Waals surface area (Å²) in [5.74, 6) is -1.15. The molecule has 1 aliphatic heterocycles. The molecular formula is C11H19NO4. The Bertz CT molecular complexity index is 267. The second kappa shape index (κ2) is 5.84. The van der Waals surface area contributed by atoms with E-state index < -0.39 is 12.6 Å². The number of rotatable bonds is 5. The molecule has 2 unspecified atom stereocenters. The van der Waals surface area contributed by atoms with Crippen molar-refractivity contribution in [2.24, 2.45) is 0 Å². The number of ether oxygens (including phenoxy) is 1. The van der Waals surface area contributed by atoms with Crippen LogP contribution < -0.4 is 0 Å². The molecule has 16 heavy (non-hydrogen) atoms. The van der Waals surface area contributed by atoms with Gasteiger partial charge in [-0.3, -0.25) is 4.79 Å². The number of carboxylic acid groups (broad SMARTS) is 1. The average Bonchev–Trinajstić information content (AvgIpc) is 2.58. The number of likely N-dealkylation sites (tertiary alicyclic amines) is 1. The first-order valence-electron chi connectivity index (χ1n) is 5.67. The summed E-state index contributed by atoms with van der Waals surface area (Å²) in [5, 5.41) is 8.39. The van der Waals surface area contributed by atoms with E-state index in [1.54, 1.807) is 0 Å². The second-order valence-electron chi connectivity index (χ2n) is 4.18. The van der Waals surface area contributed by atoms with Crippen molar-refractivity contribution >= 4 is 11.9 Å². The molecule has 0 aromatic rings. The number of hydrogen-bond donors (Lipinski definition) is 1. The van der Waals surface area contributed by atoms with Crippen LogP contribution in [-0.2, 0) is 14.3 Å². The smallest absolute Gasteiger partial charge is 0.329 e. The van der Waals surface area contributed by atoms with Gasteiger partial charge in [-0.2, -0.15) is 0 Å². The predicted molar refractivity (Wildman–Crippen MR) is 58.1 cm³/mol. The molecule has 1 fully saturated rings. The zero-order chi connectivity index (χ0) is 12.1.